The Morgan fingerprint density at radius 1 is 1.50 bits per heavy atom. The van der Waals surface area contributed by atoms with Crippen molar-refractivity contribution in [3.05, 3.63) is 29.3 Å². The number of nitriles is 1. The maximum absolute atomic E-state index is 12.7. The summed E-state index contributed by atoms with van der Waals surface area (Å²) in [5, 5.41) is 9.06. The quantitative estimate of drug-likeness (QED) is 0.792. The number of halogens is 1. The largest absolute Gasteiger partial charge is 0.311 e. The number of nitrogens with zero attached hydrogens (tertiary/aromatic N) is 2. The standard InChI is InChI=1S/C13H13FN2O3S/c1-9-2-3-11(6-15)12(4-9)16-7-10(5-13(16)17)8-20(14,18)19/h2-4,10H,5,7-8H2,1H3. The van der Waals surface area contributed by atoms with Crippen LogP contribution < -0.4 is 4.90 Å². The first-order valence-corrected chi connectivity index (χ1v) is 7.59. The Kier molecular flexibility index (Phi) is 3.77. The van der Waals surface area contributed by atoms with Crippen LogP contribution in [0.25, 0.3) is 0 Å². The fourth-order valence-corrected chi connectivity index (χ4v) is 3.15. The van der Waals surface area contributed by atoms with Crippen molar-refractivity contribution in [2.45, 2.75) is 13.3 Å². The molecule has 1 fully saturated rings. The van der Waals surface area contributed by atoms with Crippen molar-refractivity contribution >= 4 is 21.8 Å². The summed E-state index contributed by atoms with van der Waals surface area (Å²) in [5.74, 6) is -1.53. The molecule has 0 aromatic heterocycles. The van der Waals surface area contributed by atoms with Crippen molar-refractivity contribution in [2.24, 2.45) is 5.92 Å². The zero-order valence-electron chi connectivity index (χ0n) is 10.8. The molecule has 2 rings (SSSR count). The van der Waals surface area contributed by atoms with Gasteiger partial charge in [-0.05, 0) is 24.6 Å². The Morgan fingerprint density at radius 3 is 2.80 bits per heavy atom. The third kappa shape index (κ3) is 3.14. The molecule has 5 nitrogen and oxygen atoms in total. The molecule has 0 radical (unpaired) electrons. The van der Waals surface area contributed by atoms with E-state index in [2.05, 4.69) is 0 Å². The molecule has 1 aromatic rings. The molecule has 1 unspecified atom stereocenters. The Labute approximate surface area is 116 Å². The van der Waals surface area contributed by atoms with E-state index in [1.54, 1.807) is 18.2 Å². The van der Waals surface area contributed by atoms with Crippen LogP contribution in [-0.4, -0.2) is 26.6 Å². The summed E-state index contributed by atoms with van der Waals surface area (Å²) in [6, 6.07) is 7.06. The van der Waals surface area contributed by atoms with Crippen LogP contribution in [0.1, 0.15) is 17.5 Å². The molecule has 1 atom stereocenters. The van der Waals surface area contributed by atoms with Gasteiger partial charge in [-0.3, -0.25) is 4.79 Å². The Hall–Kier alpha value is -1.94. The highest BCUT2D eigenvalue weighted by Crippen LogP contribution is 2.29. The van der Waals surface area contributed by atoms with E-state index in [4.69, 9.17) is 5.26 Å². The third-order valence-electron chi connectivity index (χ3n) is 3.20. The molecule has 1 aliphatic rings. The van der Waals surface area contributed by atoms with Gasteiger partial charge in [-0.15, -0.1) is 3.89 Å². The number of hydrogen-bond acceptors (Lipinski definition) is 4. The van der Waals surface area contributed by atoms with Crippen LogP contribution in [0.15, 0.2) is 18.2 Å². The fraction of sp³-hybridized carbons (Fsp3) is 0.385. The lowest BCUT2D eigenvalue weighted by Gasteiger charge is -2.18. The molecular weight excluding hydrogens is 283 g/mol. The molecule has 1 heterocycles. The second kappa shape index (κ2) is 5.21. The Bertz CT molecular complexity index is 694. The summed E-state index contributed by atoms with van der Waals surface area (Å²) < 4.78 is 34.0. The number of hydrogen-bond donors (Lipinski definition) is 0. The first-order valence-electron chi connectivity index (χ1n) is 6.03. The average Bonchev–Trinajstić information content (AvgIpc) is 2.67. The van der Waals surface area contributed by atoms with Crippen molar-refractivity contribution < 1.29 is 17.1 Å². The maximum atomic E-state index is 12.7. The lowest BCUT2D eigenvalue weighted by atomic mass is 10.1. The van der Waals surface area contributed by atoms with Gasteiger partial charge in [0.05, 0.1) is 17.0 Å². The van der Waals surface area contributed by atoms with Gasteiger partial charge in [0.15, 0.2) is 0 Å². The molecule has 1 aromatic carbocycles. The molecule has 1 amide bonds. The van der Waals surface area contributed by atoms with Crippen molar-refractivity contribution in [1.82, 2.24) is 0 Å². The summed E-state index contributed by atoms with van der Waals surface area (Å²) in [7, 11) is -4.60. The number of anilines is 1. The van der Waals surface area contributed by atoms with E-state index >= 15 is 0 Å². The first-order chi connectivity index (χ1) is 9.30. The molecule has 0 bridgehead atoms. The van der Waals surface area contributed by atoms with E-state index in [9.17, 15) is 17.1 Å². The molecule has 106 valence electrons. The summed E-state index contributed by atoms with van der Waals surface area (Å²) in [5.41, 5.74) is 1.68. The van der Waals surface area contributed by atoms with E-state index in [0.717, 1.165) is 5.56 Å². The van der Waals surface area contributed by atoms with Crippen molar-refractivity contribution in [1.29, 1.82) is 5.26 Å². The predicted molar refractivity (Wildman–Crippen MR) is 71.2 cm³/mol. The van der Waals surface area contributed by atoms with Crippen LogP contribution in [-0.2, 0) is 15.0 Å². The van der Waals surface area contributed by atoms with Crippen LogP contribution in [0.4, 0.5) is 9.57 Å². The van der Waals surface area contributed by atoms with Crippen LogP contribution in [0.2, 0.25) is 0 Å². The molecule has 0 aliphatic carbocycles. The SMILES string of the molecule is Cc1ccc(C#N)c(N2CC(CS(=O)(=O)F)CC2=O)c1. The molecule has 20 heavy (non-hydrogen) atoms. The summed E-state index contributed by atoms with van der Waals surface area (Å²) in [4.78, 5) is 13.3. The Morgan fingerprint density at radius 2 is 2.20 bits per heavy atom. The first kappa shape index (κ1) is 14.5. The number of rotatable bonds is 3. The highest BCUT2D eigenvalue weighted by atomic mass is 32.3. The summed E-state index contributed by atoms with van der Waals surface area (Å²) >= 11 is 0. The molecule has 1 saturated heterocycles. The van der Waals surface area contributed by atoms with E-state index in [0.29, 0.717) is 11.3 Å². The number of benzene rings is 1. The second-order valence-electron chi connectivity index (χ2n) is 4.91. The van der Waals surface area contributed by atoms with E-state index in [1.165, 1.54) is 4.90 Å². The highest BCUT2D eigenvalue weighted by molar-refractivity contribution is 7.86. The molecule has 1 aliphatic heterocycles. The van der Waals surface area contributed by atoms with Crippen molar-refractivity contribution in [3.63, 3.8) is 0 Å². The van der Waals surface area contributed by atoms with Crippen molar-refractivity contribution in [3.8, 4) is 6.07 Å². The van der Waals surface area contributed by atoms with E-state index in [1.807, 2.05) is 13.0 Å². The van der Waals surface area contributed by atoms with Gasteiger partial charge in [0.25, 0.3) is 0 Å². The van der Waals surface area contributed by atoms with Crippen LogP contribution >= 0.6 is 0 Å². The van der Waals surface area contributed by atoms with E-state index < -0.39 is 21.9 Å². The van der Waals surface area contributed by atoms with Gasteiger partial charge >= 0.3 is 10.2 Å². The van der Waals surface area contributed by atoms with Crippen LogP contribution in [0.3, 0.4) is 0 Å². The van der Waals surface area contributed by atoms with E-state index in [-0.39, 0.29) is 18.9 Å². The summed E-state index contributed by atoms with van der Waals surface area (Å²) in [6.45, 7) is 1.94. The van der Waals surface area contributed by atoms with Gasteiger partial charge in [-0.2, -0.15) is 13.7 Å². The zero-order chi connectivity index (χ0) is 14.9. The van der Waals surface area contributed by atoms with Crippen LogP contribution in [0, 0.1) is 24.2 Å². The smallest absolute Gasteiger partial charge is 0.302 e. The van der Waals surface area contributed by atoms with Gasteiger partial charge in [-0.1, -0.05) is 6.07 Å². The molecule has 0 N–H and O–H groups in total. The van der Waals surface area contributed by atoms with Gasteiger partial charge in [0.1, 0.15) is 6.07 Å². The number of carbonyl (C=O) groups is 1. The second-order valence-corrected chi connectivity index (χ2v) is 6.32. The molecular formula is C13H13FN2O3S. The highest BCUT2D eigenvalue weighted by Gasteiger charge is 2.34. The monoisotopic (exact) mass is 296 g/mol. The molecule has 0 spiro atoms. The molecule has 0 saturated carbocycles. The number of aryl methyl sites for hydroxylation is 1. The summed E-state index contributed by atoms with van der Waals surface area (Å²) in [6.07, 6.45) is -0.0258. The lowest BCUT2D eigenvalue weighted by molar-refractivity contribution is -0.117. The maximum Gasteiger partial charge on any atom is 0.302 e. The minimum atomic E-state index is -4.60. The minimum Gasteiger partial charge on any atom is -0.311 e. The topological polar surface area (TPSA) is 78.2 Å². The normalized spacial score (nSPS) is 19.1. The van der Waals surface area contributed by atoms with Gasteiger partial charge in [0, 0.05) is 18.9 Å². The minimum absolute atomic E-state index is 0.0258. The van der Waals surface area contributed by atoms with Gasteiger partial charge in [0.2, 0.25) is 5.91 Å². The fourth-order valence-electron chi connectivity index (χ4n) is 2.37. The number of carbonyl (C=O) groups excluding carboxylic acids is 1. The lowest BCUT2D eigenvalue weighted by Crippen LogP contribution is -2.26. The van der Waals surface area contributed by atoms with Crippen LogP contribution in [0.5, 0.6) is 0 Å². The average molecular weight is 296 g/mol. The Balaban J connectivity index is 2.29. The molecule has 7 heteroatoms. The van der Waals surface area contributed by atoms with Gasteiger partial charge in [-0.25, -0.2) is 0 Å². The predicted octanol–water partition coefficient (Wildman–Crippen LogP) is 1.52. The van der Waals surface area contributed by atoms with Crippen molar-refractivity contribution in [2.75, 3.05) is 17.2 Å². The zero-order valence-corrected chi connectivity index (χ0v) is 11.7. The third-order valence-corrected chi connectivity index (χ3v) is 4.07. The van der Waals surface area contributed by atoms with Gasteiger partial charge < -0.3 is 4.90 Å². The number of amides is 1.